The van der Waals surface area contributed by atoms with Crippen molar-refractivity contribution in [2.24, 2.45) is 0 Å². The van der Waals surface area contributed by atoms with Crippen LogP contribution in [0.15, 0.2) is 54.9 Å². The first-order valence-corrected chi connectivity index (χ1v) is 8.86. The van der Waals surface area contributed by atoms with Gasteiger partial charge in [0.05, 0.1) is 11.8 Å². The Labute approximate surface area is 168 Å². The first-order chi connectivity index (χ1) is 13.1. The van der Waals surface area contributed by atoms with Crippen LogP contribution in [0.4, 0.5) is 5.82 Å². The molecule has 0 radical (unpaired) electrons. The summed E-state index contributed by atoms with van der Waals surface area (Å²) in [6, 6.07) is 16.1. The third-order valence-corrected chi connectivity index (χ3v) is 4.79. The molecular weight excluding hydrogens is 376 g/mol. The number of benzene rings is 2. The minimum absolute atomic E-state index is 0. The molecule has 0 saturated heterocycles. The monoisotopic (exact) mass is 396 g/mol. The number of rotatable bonds is 6. The average molecular weight is 397 g/mol. The number of carbonyl (C=O) groups is 1. The molecule has 4 rings (SSSR count). The molecule has 2 aromatic heterocycles. The van der Waals surface area contributed by atoms with Crippen molar-refractivity contribution in [1.29, 1.82) is 0 Å². The van der Waals surface area contributed by atoms with Crippen LogP contribution in [0, 0.1) is 6.92 Å². The van der Waals surface area contributed by atoms with Crippen LogP contribution in [0.1, 0.15) is 17.5 Å². The second-order valence-corrected chi connectivity index (χ2v) is 6.58. The van der Waals surface area contributed by atoms with Gasteiger partial charge >= 0.3 is 5.97 Å². The average Bonchev–Trinajstić information content (AvgIpc) is 3.05. The van der Waals surface area contributed by atoms with E-state index < -0.39 is 5.97 Å². The molecule has 0 amide bonds. The normalized spacial score (nSPS) is 10.8. The predicted molar refractivity (Wildman–Crippen MR) is 113 cm³/mol. The lowest BCUT2D eigenvalue weighted by Gasteiger charge is -2.24. The molecule has 4 aromatic rings. The van der Waals surface area contributed by atoms with Crippen LogP contribution < -0.4 is 4.90 Å². The molecule has 0 spiro atoms. The van der Waals surface area contributed by atoms with Gasteiger partial charge in [-0.25, -0.2) is 9.97 Å². The van der Waals surface area contributed by atoms with Crippen LogP contribution >= 0.6 is 12.4 Å². The van der Waals surface area contributed by atoms with Gasteiger partial charge in [0.1, 0.15) is 17.8 Å². The Morgan fingerprint density at radius 2 is 1.86 bits per heavy atom. The maximum absolute atomic E-state index is 11.2. The summed E-state index contributed by atoms with van der Waals surface area (Å²) in [5, 5.41) is 11.2. The topological polar surface area (TPSA) is 82.1 Å². The molecule has 144 valence electrons. The SMILES string of the molecule is Cc1ccccc1CN(CCC(=O)O)c1ncnc2[nH]c3ccccc3c12.Cl. The number of fused-ring (bicyclic) bond motifs is 3. The molecule has 28 heavy (non-hydrogen) atoms. The number of hydrogen-bond acceptors (Lipinski definition) is 4. The highest BCUT2D eigenvalue weighted by Crippen LogP contribution is 2.31. The second kappa shape index (κ2) is 8.27. The Kier molecular flexibility index (Phi) is 5.80. The van der Waals surface area contributed by atoms with E-state index in [1.807, 2.05) is 41.3 Å². The molecule has 2 N–H and O–H groups in total. The van der Waals surface area contributed by atoms with Gasteiger partial charge in [-0.2, -0.15) is 0 Å². The number of halogens is 1. The lowest BCUT2D eigenvalue weighted by molar-refractivity contribution is -0.136. The van der Waals surface area contributed by atoms with Crippen molar-refractivity contribution < 1.29 is 9.90 Å². The van der Waals surface area contributed by atoms with Crippen molar-refractivity contribution in [1.82, 2.24) is 15.0 Å². The zero-order valence-electron chi connectivity index (χ0n) is 15.4. The van der Waals surface area contributed by atoms with Gasteiger partial charge in [0.15, 0.2) is 0 Å². The fourth-order valence-electron chi connectivity index (χ4n) is 3.38. The zero-order valence-corrected chi connectivity index (χ0v) is 16.2. The van der Waals surface area contributed by atoms with Crippen LogP contribution in [0.25, 0.3) is 21.9 Å². The lowest BCUT2D eigenvalue weighted by Crippen LogP contribution is -2.27. The number of carboxylic acid groups (broad SMARTS) is 1. The molecule has 0 aliphatic carbocycles. The third-order valence-electron chi connectivity index (χ3n) is 4.79. The highest BCUT2D eigenvalue weighted by atomic mass is 35.5. The number of aromatic amines is 1. The van der Waals surface area contributed by atoms with E-state index in [2.05, 4.69) is 34.0 Å². The molecule has 2 heterocycles. The number of hydrogen-bond donors (Lipinski definition) is 2. The molecule has 0 saturated carbocycles. The van der Waals surface area contributed by atoms with E-state index in [0.29, 0.717) is 13.1 Å². The first kappa shape index (κ1) is 19.6. The summed E-state index contributed by atoms with van der Waals surface area (Å²) in [4.78, 5) is 25.5. The quantitative estimate of drug-likeness (QED) is 0.507. The largest absolute Gasteiger partial charge is 0.481 e. The van der Waals surface area contributed by atoms with Crippen molar-refractivity contribution in [3.05, 3.63) is 66.0 Å². The molecule has 0 fully saturated rings. The Morgan fingerprint density at radius 3 is 2.64 bits per heavy atom. The fraction of sp³-hybridized carbons (Fsp3) is 0.190. The molecule has 0 aliphatic rings. The molecule has 6 nitrogen and oxygen atoms in total. The van der Waals surface area contributed by atoms with Gasteiger partial charge in [0, 0.05) is 24.0 Å². The van der Waals surface area contributed by atoms with Crippen molar-refractivity contribution in [3.63, 3.8) is 0 Å². The van der Waals surface area contributed by atoms with Gasteiger partial charge < -0.3 is 15.0 Å². The minimum Gasteiger partial charge on any atom is -0.481 e. The summed E-state index contributed by atoms with van der Waals surface area (Å²) in [5.74, 6) is -0.0732. The maximum atomic E-state index is 11.2. The second-order valence-electron chi connectivity index (χ2n) is 6.58. The summed E-state index contributed by atoms with van der Waals surface area (Å²) in [6.45, 7) is 3.02. The fourth-order valence-corrected chi connectivity index (χ4v) is 3.38. The van der Waals surface area contributed by atoms with E-state index in [4.69, 9.17) is 0 Å². The Bertz CT molecular complexity index is 1130. The minimum atomic E-state index is -0.825. The number of aliphatic carboxylic acids is 1. The highest BCUT2D eigenvalue weighted by Gasteiger charge is 2.18. The van der Waals surface area contributed by atoms with Gasteiger partial charge in [0.25, 0.3) is 0 Å². The van der Waals surface area contributed by atoms with Gasteiger partial charge in [-0.05, 0) is 24.1 Å². The Balaban J connectivity index is 0.00000225. The summed E-state index contributed by atoms with van der Waals surface area (Å²) in [5.41, 5.74) is 4.06. The Morgan fingerprint density at radius 1 is 1.11 bits per heavy atom. The molecule has 0 unspecified atom stereocenters. The smallest absolute Gasteiger partial charge is 0.305 e. The van der Waals surface area contributed by atoms with Gasteiger partial charge in [-0.3, -0.25) is 4.79 Å². The van der Waals surface area contributed by atoms with E-state index in [-0.39, 0.29) is 18.8 Å². The van der Waals surface area contributed by atoms with Gasteiger partial charge in [0.2, 0.25) is 0 Å². The van der Waals surface area contributed by atoms with Crippen molar-refractivity contribution in [3.8, 4) is 0 Å². The number of nitrogens with zero attached hydrogens (tertiary/aromatic N) is 3. The van der Waals surface area contributed by atoms with Crippen LogP contribution in [-0.4, -0.2) is 32.6 Å². The third kappa shape index (κ3) is 3.77. The summed E-state index contributed by atoms with van der Waals surface area (Å²) in [6.07, 6.45) is 1.57. The van der Waals surface area contributed by atoms with E-state index >= 15 is 0 Å². The molecule has 0 bridgehead atoms. The number of carboxylic acids is 1. The molecule has 0 atom stereocenters. The number of H-pyrrole nitrogens is 1. The van der Waals surface area contributed by atoms with E-state index in [0.717, 1.165) is 33.3 Å². The lowest BCUT2D eigenvalue weighted by atomic mass is 10.1. The standard InChI is InChI=1S/C21H20N4O2.ClH/c1-14-6-2-3-7-15(14)12-25(11-10-18(26)27)21-19-16-8-4-5-9-17(16)24-20(19)22-13-23-21;/h2-9,13H,10-12H2,1H3,(H,26,27)(H,22,23,24);1H. The van der Waals surface area contributed by atoms with Crippen molar-refractivity contribution in [2.45, 2.75) is 19.9 Å². The summed E-state index contributed by atoms with van der Waals surface area (Å²) in [7, 11) is 0. The predicted octanol–water partition coefficient (Wildman–Crippen LogP) is 4.32. The number of aromatic nitrogens is 3. The molecular formula is C21H21ClN4O2. The van der Waals surface area contributed by atoms with Crippen molar-refractivity contribution >= 4 is 46.1 Å². The molecule has 7 heteroatoms. The van der Waals surface area contributed by atoms with E-state index in [1.54, 1.807) is 0 Å². The number of para-hydroxylation sites is 1. The van der Waals surface area contributed by atoms with Crippen LogP contribution in [0.2, 0.25) is 0 Å². The number of anilines is 1. The summed E-state index contributed by atoms with van der Waals surface area (Å²) >= 11 is 0. The van der Waals surface area contributed by atoms with Crippen LogP contribution in [0.3, 0.4) is 0 Å². The van der Waals surface area contributed by atoms with Crippen LogP contribution in [-0.2, 0) is 11.3 Å². The summed E-state index contributed by atoms with van der Waals surface area (Å²) < 4.78 is 0. The Hall–Kier alpha value is -3.12. The van der Waals surface area contributed by atoms with Crippen molar-refractivity contribution in [2.75, 3.05) is 11.4 Å². The highest BCUT2D eigenvalue weighted by molar-refractivity contribution is 6.11. The first-order valence-electron chi connectivity index (χ1n) is 8.86. The molecule has 2 aromatic carbocycles. The van der Waals surface area contributed by atoms with Gasteiger partial charge in [-0.15, -0.1) is 12.4 Å². The zero-order chi connectivity index (χ0) is 18.8. The number of aryl methyl sites for hydroxylation is 1. The van der Waals surface area contributed by atoms with E-state index in [1.165, 1.54) is 11.9 Å². The maximum Gasteiger partial charge on any atom is 0.305 e. The van der Waals surface area contributed by atoms with E-state index in [9.17, 15) is 9.90 Å². The van der Waals surface area contributed by atoms with Gasteiger partial charge in [-0.1, -0.05) is 42.5 Å². The number of nitrogens with one attached hydrogen (secondary N) is 1. The van der Waals surface area contributed by atoms with Crippen LogP contribution in [0.5, 0.6) is 0 Å². The molecule has 0 aliphatic heterocycles.